The molecule has 0 unspecified atom stereocenters. The van der Waals surface area contributed by atoms with E-state index in [1.807, 2.05) is 66.2 Å². The summed E-state index contributed by atoms with van der Waals surface area (Å²) in [6.07, 6.45) is 8.64. The average Bonchev–Trinajstić information content (AvgIpc) is 3.28. The van der Waals surface area contributed by atoms with Crippen LogP contribution in [0.15, 0.2) is 67.1 Å². The monoisotopic (exact) mass is 547 g/mol. The normalized spacial score (nSPS) is 11.8. The zero-order chi connectivity index (χ0) is 28.0. The van der Waals surface area contributed by atoms with Crippen molar-refractivity contribution in [2.75, 3.05) is 23.9 Å². The highest BCUT2D eigenvalue weighted by Gasteiger charge is 2.13. The van der Waals surface area contributed by atoms with E-state index in [9.17, 15) is 13.2 Å². The number of benzene rings is 2. The van der Waals surface area contributed by atoms with Crippen molar-refractivity contribution in [2.24, 2.45) is 5.92 Å². The molecule has 2 heterocycles. The number of nitrogens with one attached hydrogen (secondary N) is 2. The summed E-state index contributed by atoms with van der Waals surface area (Å²) in [5.74, 6) is 1.55. The molecule has 0 spiro atoms. The van der Waals surface area contributed by atoms with Gasteiger partial charge < -0.3 is 19.9 Å². The molecule has 9 nitrogen and oxygen atoms in total. The summed E-state index contributed by atoms with van der Waals surface area (Å²) < 4.78 is 30.7. The highest BCUT2D eigenvalue weighted by molar-refractivity contribution is 7.91. The van der Waals surface area contributed by atoms with Gasteiger partial charge in [-0.2, -0.15) is 0 Å². The summed E-state index contributed by atoms with van der Waals surface area (Å²) in [4.78, 5) is 20.6. The lowest BCUT2D eigenvalue weighted by Gasteiger charge is -2.14. The Labute approximate surface area is 228 Å². The predicted molar refractivity (Wildman–Crippen MR) is 155 cm³/mol. The first-order valence-electron chi connectivity index (χ1n) is 12.7. The van der Waals surface area contributed by atoms with Gasteiger partial charge in [-0.15, -0.1) is 0 Å². The number of anilines is 2. The Balaban J connectivity index is 1.47. The van der Waals surface area contributed by atoms with Gasteiger partial charge in [0.05, 0.1) is 5.52 Å². The molecule has 0 radical (unpaired) electrons. The van der Waals surface area contributed by atoms with E-state index in [2.05, 4.69) is 46.6 Å². The van der Waals surface area contributed by atoms with Crippen molar-refractivity contribution in [2.45, 2.75) is 27.3 Å². The molecule has 10 heteroatoms. The predicted octanol–water partition coefficient (Wildman–Crippen LogP) is 5.11. The van der Waals surface area contributed by atoms with Gasteiger partial charge in [-0.05, 0) is 60.4 Å². The molecule has 4 rings (SSSR count). The average molecular weight is 548 g/mol. The van der Waals surface area contributed by atoms with Crippen LogP contribution in [0.4, 0.5) is 11.5 Å². The Morgan fingerprint density at radius 2 is 1.95 bits per heavy atom. The number of amides is 1. The van der Waals surface area contributed by atoms with Crippen molar-refractivity contribution in [1.82, 2.24) is 19.9 Å². The first kappa shape index (κ1) is 27.8. The van der Waals surface area contributed by atoms with Gasteiger partial charge in [-0.1, -0.05) is 38.1 Å². The Bertz CT molecular complexity index is 1610. The topological polar surface area (TPSA) is 115 Å². The van der Waals surface area contributed by atoms with E-state index in [4.69, 9.17) is 4.74 Å². The number of hydrogen-bond acceptors (Lipinski definition) is 7. The molecule has 0 saturated carbocycles. The zero-order valence-electron chi connectivity index (χ0n) is 22.5. The number of rotatable bonds is 11. The molecular formula is C29H33N5O4S. The second-order valence-electron chi connectivity index (χ2n) is 9.77. The number of aromatic nitrogens is 3. The summed E-state index contributed by atoms with van der Waals surface area (Å²) in [5.41, 5.74) is 4.40. The number of carbonyl (C=O) groups excluding carboxylic acids is 1. The Kier molecular flexibility index (Phi) is 8.65. The molecule has 0 bridgehead atoms. The second kappa shape index (κ2) is 12.1. The quantitative estimate of drug-likeness (QED) is 0.268. The van der Waals surface area contributed by atoms with Crippen LogP contribution in [0.25, 0.3) is 17.1 Å². The molecule has 0 aliphatic heterocycles. The third-order valence-electron chi connectivity index (χ3n) is 5.82. The molecular weight excluding hydrogens is 514 g/mol. The zero-order valence-corrected chi connectivity index (χ0v) is 23.3. The third-order valence-corrected chi connectivity index (χ3v) is 6.60. The molecule has 0 fully saturated rings. The molecule has 0 saturated heterocycles. The third kappa shape index (κ3) is 7.90. The van der Waals surface area contributed by atoms with Crippen LogP contribution in [0.5, 0.6) is 11.5 Å². The largest absolute Gasteiger partial charge is 0.457 e. The van der Waals surface area contributed by atoms with Gasteiger partial charge in [-0.25, -0.2) is 18.4 Å². The molecule has 204 valence electrons. The molecule has 0 aliphatic rings. The lowest BCUT2D eigenvalue weighted by Crippen LogP contribution is -2.32. The molecule has 2 N–H and O–H groups in total. The number of ether oxygens (including phenoxy) is 1. The Hall–Kier alpha value is -4.18. The highest BCUT2D eigenvalue weighted by Crippen LogP contribution is 2.30. The molecule has 2 aromatic heterocycles. The van der Waals surface area contributed by atoms with Crippen LogP contribution < -0.4 is 15.4 Å². The summed E-state index contributed by atoms with van der Waals surface area (Å²) in [7, 11) is -3.38. The Morgan fingerprint density at radius 3 is 2.69 bits per heavy atom. The summed E-state index contributed by atoms with van der Waals surface area (Å²) in [6.45, 7) is 6.97. The van der Waals surface area contributed by atoms with Crippen LogP contribution in [0.3, 0.4) is 0 Å². The van der Waals surface area contributed by atoms with Crippen molar-refractivity contribution in [3.63, 3.8) is 0 Å². The maximum absolute atomic E-state index is 11.9. The van der Waals surface area contributed by atoms with Gasteiger partial charge in [0.1, 0.15) is 29.1 Å². The molecule has 2 aromatic carbocycles. The van der Waals surface area contributed by atoms with Crippen molar-refractivity contribution in [3.05, 3.63) is 78.3 Å². The van der Waals surface area contributed by atoms with Crippen molar-refractivity contribution in [1.29, 1.82) is 0 Å². The van der Waals surface area contributed by atoms with Crippen LogP contribution >= 0.6 is 0 Å². The lowest BCUT2D eigenvalue weighted by molar-refractivity contribution is -0.118. The van der Waals surface area contributed by atoms with Gasteiger partial charge in [0, 0.05) is 31.2 Å². The van der Waals surface area contributed by atoms with E-state index in [-0.39, 0.29) is 6.54 Å². The summed E-state index contributed by atoms with van der Waals surface area (Å²) >= 11 is 0. The highest BCUT2D eigenvalue weighted by atomic mass is 32.2. The smallest absolute Gasteiger partial charge is 0.235 e. The fourth-order valence-electron chi connectivity index (χ4n) is 4.01. The maximum Gasteiger partial charge on any atom is 0.235 e. The van der Waals surface area contributed by atoms with Gasteiger partial charge >= 0.3 is 0 Å². The minimum absolute atomic E-state index is 0.270. The van der Waals surface area contributed by atoms with Crippen LogP contribution in [-0.2, 0) is 21.2 Å². The number of allylic oxidation sites excluding steroid dienone is 1. The van der Waals surface area contributed by atoms with Crippen LogP contribution in [0.1, 0.15) is 25.0 Å². The maximum atomic E-state index is 11.9. The number of sulfone groups is 1. The van der Waals surface area contributed by atoms with Crippen LogP contribution in [0.2, 0.25) is 0 Å². The van der Waals surface area contributed by atoms with E-state index in [1.54, 1.807) is 0 Å². The van der Waals surface area contributed by atoms with Crippen LogP contribution in [0, 0.1) is 12.8 Å². The molecule has 0 aliphatic carbocycles. The minimum atomic E-state index is -3.38. The first-order valence-corrected chi connectivity index (χ1v) is 14.7. The fraction of sp³-hybridized carbons (Fsp3) is 0.276. The SMILES string of the molecule is Cc1cc(Nc2ncnc3ccn(CCNC(=O)CS(C)(=O)=O)c23)ccc1Oc1cccc(C=CC(C)C)c1. The number of nitrogens with zero attached hydrogens (tertiary/aromatic N) is 3. The van der Waals surface area contributed by atoms with Gasteiger partial charge in [0.2, 0.25) is 5.91 Å². The van der Waals surface area contributed by atoms with E-state index < -0.39 is 21.5 Å². The van der Waals surface area contributed by atoms with E-state index in [1.165, 1.54) is 6.33 Å². The molecule has 1 amide bonds. The van der Waals surface area contributed by atoms with Crippen molar-refractivity contribution in [3.8, 4) is 11.5 Å². The minimum Gasteiger partial charge on any atom is -0.457 e. The molecule has 0 atom stereocenters. The van der Waals surface area contributed by atoms with Gasteiger partial charge in [0.15, 0.2) is 15.7 Å². The van der Waals surface area contributed by atoms with E-state index in [0.29, 0.717) is 18.3 Å². The van der Waals surface area contributed by atoms with Crippen LogP contribution in [-0.4, -0.2) is 47.4 Å². The number of hydrogen-bond donors (Lipinski definition) is 2. The first-order chi connectivity index (χ1) is 18.6. The van der Waals surface area contributed by atoms with Gasteiger partial charge in [0.25, 0.3) is 0 Å². The Morgan fingerprint density at radius 1 is 1.13 bits per heavy atom. The fourth-order valence-corrected chi connectivity index (χ4v) is 4.58. The number of aryl methyl sites for hydroxylation is 1. The number of carbonyl (C=O) groups is 1. The van der Waals surface area contributed by atoms with E-state index in [0.717, 1.165) is 45.6 Å². The number of fused-ring (bicyclic) bond motifs is 1. The molecule has 39 heavy (non-hydrogen) atoms. The van der Waals surface area contributed by atoms with Crippen molar-refractivity contribution < 1.29 is 17.9 Å². The van der Waals surface area contributed by atoms with Gasteiger partial charge in [-0.3, -0.25) is 4.79 Å². The standard InChI is InChI=1S/C29H33N5O4S/c1-20(2)8-9-22-6-5-7-24(17-22)38-26-11-10-23(16-21(26)3)33-29-28-25(31-19-32-29)12-14-34(28)15-13-30-27(35)18-39(4,36)37/h5-12,14,16-17,19-20H,13,15,18H2,1-4H3,(H,30,35)(H,31,32,33). The van der Waals surface area contributed by atoms with E-state index >= 15 is 0 Å². The van der Waals surface area contributed by atoms with Crippen molar-refractivity contribution >= 4 is 44.4 Å². The molecule has 4 aromatic rings. The summed E-state index contributed by atoms with van der Waals surface area (Å²) in [6, 6.07) is 15.7. The second-order valence-corrected chi connectivity index (χ2v) is 11.9. The lowest BCUT2D eigenvalue weighted by atomic mass is 10.1. The summed E-state index contributed by atoms with van der Waals surface area (Å²) in [5, 5.41) is 6.01.